The minimum atomic E-state index is -1.09. The van der Waals surface area contributed by atoms with Crippen molar-refractivity contribution in [1.82, 2.24) is 4.90 Å². The van der Waals surface area contributed by atoms with Gasteiger partial charge in [-0.25, -0.2) is 4.79 Å². The van der Waals surface area contributed by atoms with Crippen molar-refractivity contribution in [3.63, 3.8) is 0 Å². The molecule has 3 aromatic rings. The number of carbonyl (C=O) groups is 4. The summed E-state index contributed by atoms with van der Waals surface area (Å²) in [4.78, 5) is 52.2. The molecule has 172 valence electrons. The number of esters is 1. The van der Waals surface area contributed by atoms with E-state index in [1.54, 1.807) is 36.4 Å². The van der Waals surface area contributed by atoms with Crippen molar-refractivity contribution in [2.75, 3.05) is 18.6 Å². The Hall–Kier alpha value is -3.71. The predicted molar refractivity (Wildman–Crippen MR) is 131 cm³/mol. The molecule has 0 radical (unpaired) electrons. The fourth-order valence-corrected chi connectivity index (χ4v) is 4.33. The number of rotatable bonds is 9. The van der Waals surface area contributed by atoms with E-state index in [2.05, 4.69) is 0 Å². The van der Waals surface area contributed by atoms with E-state index >= 15 is 0 Å². The summed E-state index contributed by atoms with van der Waals surface area (Å²) in [6, 6.07) is 22.2. The van der Waals surface area contributed by atoms with Gasteiger partial charge < -0.3 is 4.74 Å². The molecule has 6 nitrogen and oxygen atoms in total. The Labute approximate surface area is 201 Å². The first kappa shape index (κ1) is 23.4. The van der Waals surface area contributed by atoms with E-state index in [-0.39, 0.29) is 23.3 Å². The van der Waals surface area contributed by atoms with E-state index < -0.39 is 30.4 Å². The molecule has 1 atom stereocenters. The number of hydrogen-bond donors (Lipinski definition) is 0. The van der Waals surface area contributed by atoms with E-state index in [1.165, 1.54) is 11.8 Å². The average molecular weight is 474 g/mol. The third kappa shape index (κ3) is 4.79. The molecule has 2 amide bonds. The van der Waals surface area contributed by atoms with Gasteiger partial charge in [0.2, 0.25) is 0 Å². The first-order valence-electron chi connectivity index (χ1n) is 10.8. The maximum Gasteiger partial charge on any atom is 0.329 e. The van der Waals surface area contributed by atoms with Gasteiger partial charge in [0.15, 0.2) is 12.4 Å². The summed E-state index contributed by atoms with van der Waals surface area (Å²) in [5, 5.41) is 0. The van der Waals surface area contributed by atoms with Gasteiger partial charge in [-0.2, -0.15) is 11.8 Å². The maximum atomic E-state index is 12.9. The van der Waals surface area contributed by atoms with Crippen LogP contribution in [0.1, 0.15) is 37.5 Å². The molecule has 4 rings (SSSR count). The highest BCUT2D eigenvalue weighted by atomic mass is 32.2. The molecule has 0 N–H and O–H groups in total. The molecule has 0 saturated heterocycles. The zero-order valence-electron chi connectivity index (χ0n) is 18.6. The SMILES string of the molecule is CSCC[C@@H](C(=O)OCC(=O)c1ccc(-c2ccccc2)cc1)N1C(=O)c2ccccc2C1=O. The Morgan fingerprint density at radius 3 is 1.97 bits per heavy atom. The van der Waals surface area contributed by atoms with Crippen LogP contribution in [-0.4, -0.2) is 53.1 Å². The second kappa shape index (κ2) is 10.5. The minimum absolute atomic E-state index is 0.241. The number of fused-ring (bicyclic) bond motifs is 1. The lowest BCUT2D eigenvalue weighted by Gasteiger charge is -2.24. The van der Waals surface area contributed by atoms with Crippen molar-refractivity contribution >= 4 is 35.3 Å². The molecular weight excluding hydrogens is 450 g/mol. The molecule has 1 aliphatic heterocycles. The van der Waals surface area contributed by atoms with Crippen LogP contribution in [0.4, 0.5) is 0 Å². The van der Waals surface area contributed by atoms with E-state index in [4.69, 9.17) is 4.74 Å². The highest BCUT2D eigenvalue weighted by molar-refractivity contribution is 7.98. The smallest absolute Gasteiger partial charge is 0.329 e. The van der Waals surface area contributed by atoms with Crippen molar-refractivity contribution in [3.05, 3.63) is 95.6 Å². The predicted octanol–water partition coefficient (Wildman–Crippen LogP) is 4.50. The molecule has 0 spiro atoms. The summed E-state index contributed by atoms with van der Waals surface area (Å²) in [6.45, 7) is -0.470. The third-order valence-electron chi connectivity index (χ3n) is 5.66. The van der Waals surface area contributed by atoms with Crippen molar-refractivity contribution in [2.45, 2.75) is 12.5 Å². The number of nitrogens with zero attached hydrogens (tertiary/aromatic N) is 1. The Kier molecular flexibility index (Phi) is 7.23. The van der Waals surface area contributed by atoms with Crippen LogP contribution < -0.4 is 0 Å². The van der Waals surface area contributed by atoms with Crippen molar-refractivity contribution in [3.8, 4) is 11.1 Å². The van der Waals surface area contributed by atoms with Crippen molar-refractivity contribution in [1.29, 1.82) is 0 Å². The quantitative estimate of drug-likeness (QED) is 0.259. The molecule has 0 fully saturated rings. The molecule has 0 aliphatic carbocycles. The van der Waals surface area contributed by atoms with Crippen LogP contribution in [0.2, 0.25) is 0 Å². The van der Waals surface area contributed by atoms with E-state index in [1.807, 2.05) is 48.7 Å². The monoisotopic (exact) mass is 473 g/mol. The van der Waals surface area contributed by atoms with Crippen LogP contribution in [0.25, 0.3) is 11.1 Å². The lowest BCUT2D eigenvalue weighted by atomic mass is 10.0. The summed E-state index contributed by atoms with van der Waals surface area (Å²) in [5.41, 5.74) is 2.95. The Balaban J connectivity index is 1.44. The number of thioether (sulfide) groups is 1. The molecule has 34 heavy (non-hydrogen) atoms. The summed E-state index contributed by atoms with van der Waals surface area (Å²) in [5.74, 6) is -1.63. The lowest BCUT2D eigenvalue weighted by Crippen LogP contribution is -2.46. The highest BCUT2D eigenvalue weighted by Crippen LogP contribution is 2.27. The summed E-state index contributed by atoms with van der Waals surface area (Å²) < 4.78 is 5.30. The van der Waals surface area contributed by atoms with Crippen LogP contribution in [-0.2, 0) is 9.53 Å². The normalized spacial score (nSPS) is 13.5. The Morgan fingerprint density at radius 2 is 1.38 bits per heavy atom. The van der Waals surface area contributed by atoms with Crippen LogP contribution in [0.3, 0.4) is 0 Å². The molecule has 3 aromatic carbocycles. The highest BCUT2D eigenvalue weighted by Gasteiger charge is 2.43. The largest absolute Gasteiger partial charge is 0.456 e. The van der Waals surface area contributed by atoms with Gasteiger partial charge >= 0.3 is 5.97 Å². The molecule has 0 saturated carbocycles. The van der Waals surface area contributed by atoms with Gasteiger partial charge in [-0.1, -0.05) is 66.7 Å². The lowest BCUT2D eigenvalue weighted by molar-refractivity contribution is -0.147. The van der Waals surface area contributed by atoms with E-state index in [0.29, 0.717) is 11.3 Å². The topological polar surface area (TPSA) is 80.8 Å². The van der Waals surface area contributed by atoms with Gasteiger partial charge in [-0.15, -0.1) is 0 Å². The Bertz CT molecular complexity index is 1190. The molecule has 0 unspecified atom stereocenters. The number of Topliss-reactive ketones (excluding diaryl/α,β-unsaturated/α-hetero) is 1. The number of benzene rings is 3. The van der Waals surface area contributed by atoms with Crippen LogP contribution >= 0.6 is 11.8 Å². The fourth-order valence-electron chi connectivity index (χ4n) is 3.87. The maximum absolute atomic E-state index is 12.9. The van der Waals surface area contributed by atoms with E-state index in [9.17, 15) is 19.2 Å². The van der Waals surface area contributed by atoms with Gasteiger partial charge in [0, 0.05) is 5.56 Å². The van der Waals surface area contributed by atoms with Gasteiger partial charge in [-0.05, 0) is 41.7 Å². The first-order chi connectivity index (χ1) is 16.5. The van der Waals surface area contributed by atoms with E-state index in [0.717, 1.165) is 16.0 Å². The zero-order valence-corrected chi connectivity index (χ0v) is 19.4. The number of imide groups is 1. The molecule has 1 aliphatic rings. The number of carbonyl (C=O) groups excluding carboxylic acids is 4. The first-order valence-corrected chi connectivity index (χ1v) is 12.2. The summed E-state index contributed by atoms with van der Waals surface area (Å²) in [6.07, 6.45) is 2.11. The van der Waals surface area contributed by atoms with Gasteiger partial charge in [-0.3, -0.25) is 19.3 Å². The molecule has 1 heterocycles. The average Bonchev–Trinajstić information content (AvgIpc) is 3.13. The van der Waals surface area contributed by atoms with Crippen LogP contribution in [0.15, 0.2) is 78.9 Å². The molecular formula is C27H23NO5S. The van der Waals surface area contributed by atoms with Gasteiger partial charge in [0.1, 0.15) is 6.04 Å². The molecule has 7 heteroatoms. The second-order valence-electron chi connectivity index (χ2n) is 7.80. The summed E-state index contributed by atoms with van der Waals surface area (Å²) >= 11 is 1.49. The van der Waals surface area contributed by atoms with Crippen LogP contribution in [0.5, 0.6) is 0 Å². The Morgan fingerprint density at radius 1 is 0.824 bits per heavy atom. The number of ether oxygens (including phenoxy) is 1. The van der Waals surface area contributed by atoms with Crippen molar-refractivity contribution < 1.29 is 23.9 Å². The standard InChI is InChI=1S/C27H23NO5S/c1-34-16-15-23(28-25(30)21-9-5-6-10-22(21)26(28)31)27(32)33-17-24(29)20-13-11-19(12-14-20)18-7-3-2-4-8-18/h2-14,23H,15-17H2,1H3/t23-/m0/s1. The number of hydrogen-bond acceptors (Lipinski definition) is 6. The van der Waals surface area contributed by atoms with Crippen LogP contribution in [0, 0.1) is 0 Å². The second-order valence-corrected chi connectivity index (χ2v) is 8.78. The minimum Gasteiger partial charge on any atom is -0.456 e. The zero-order chi connectivity index (χ0) is 24.1. The summed E-state index contributed by atoms with van der Waals surface area (Å²) in [7, 11) is 0. The molecule has 0 bridgehead atoms. The van der Waals surface area contributed by atoms with Gasteiger partial charge in [0.05, 0.1) is 11.1 Å². The third-order valence-corrected chi connectivity index (χ3v) is 6.31. The number of amides is 2. The van der Waals surface area contributed by atoms with Crippen molar-refractivity contribution in [2.24, 2.45) is 0 Å². The molecule has 0 aromatic heterocycles. The fraction of sp³-hybridized carbons (Fsp3) is 0.185. The number of ketones is 1. The van der Waals surface area contributed by atoms with Gasteiger partial charge in [0.25, 0.3) is 11.8 Å².